The quantitative estimate of drug-likeness (QED) is 0.285. The van der Waals surface area contributed by atoms with Crippen LogP contribution in [0.3, 0.4) is 0 Å². The third-order valence-electron chi connectivity index (χ3n) is 5.97. The lowest BCUT2D eigenvalue weighted by molar-refractivity contribution is -0.137. The zero-order valence-electron chi connectivity index (χ0n) is 20.5. The second kappa shape index (κ2) is 10.4. The van der Waals surface area contributed by atoms with Crippen LogP contribution in [0.15, 0.2) is 48.8 Å². The summed E-state index contributed by atoms with van der Waals surface area (Å²) in [6, 6.07) is 8.27. The standard InChI is InChI=1S/C25H19F3N6O5S/c1-12(35)31-23-33-21-18(3-2-4-19(21)40-23)39-20-10-15(29-11-30-20)14-6-5-13(25(26,27)28)9-16(14)32-22(36)17-7-8-34(17)24(37)38/h2-6,9-11,17H,7-8H2,1H3,(H,32,36)(H,37,38)(H,31,33,35). The molecule has 1 aliphatic rings. The second-order valence-corrected chi connectivity index (χ2v) is 9.71. The molecule has 3 amide bonds. The first-order valence-electron chi connectivity index (χ1n) is 11.7. The van der Waals surface area contributed by atoms with Gasteiger partial charge in [0.05, 0.1) is 21.6 Å². The van der Waals surface area contributed by atoms with Crippen molar-refractivity contribution in [2.24, 2.45) is 0 Å². The van der Waals surface area contributed by atoms with Crippen LogP contribution in [0.25, 0.3) is 21.5 Å². The summed E-state index contributed by atoms with van der Waals surface area (Å²) >= 11 is 1.24. The number of benzene rings is 2. The Morgan fingerprint density at radius 1 is 1.12 bits per heavy atom. The molecule has 40 heavy (non-hydrogen) atoms. The molecule has 1 atom stereocenters. The molecule has 5 rings (SSSR count). The number of alkyl halides is 3. The van der Waals surface area contributed by atoms with Gasteiger partial charge in [-0.05, 0) is 30.7 Å². The van der Waals surface area contributed by atoms with E-state index in [9.17, 15) is 32.7 Å². The average Bonchev–Trinajstić information content (AvgIpc) is 3.25. The molecule has 1 saturated heterocycles. The number of ether oxygens (including phenoxy) is 1. The van der Waals surface area contributed by atoms with Crippen molar-refractivity contribution >= 4 is 50.3 Å². The summed E-state index contributed by atoms with van der Waals surface area (Å²) in [5.41, 5.74) is -0.478. The van der Waals surface area contributed by atoms with E-state index in [1.54, 1.807) is 18.2 Å². The molecule has 0 saturated carbocycles. The van der Waals surface area contributed by atoms with E-state index in [2.05, 4.69) is 25.6 Å². The minimum atomic E-state index is -4.69. The topological polar surface area (TPSA) is 147 Å². The molecule has 1 unspecified atom stereocenters. The summed E-state index contributed by atoms with van der Waals surface area (Å²) in [6.45, 7) is 1.51. The largest absolute Gasteiger partial charge is 0.465 e. The van der Waals surface area contributed by atoms with Gasteiger partial charge in [0.25, 0.3) is 0 Å². The Balaban J connectivity index is 1.47. The van der Waals surface area contributed by atoms with Crippen LogP contribution in [0.4, 0.5) is 28.8 Å². The lowest BCUT2D eigenvalue weighted by Crippen LogP contribution is -2.56. The first-order chi connectivity index (χ1) is 19.0. The highest BCUT2D eigenvalue weighted by atomic mass is 32.1. The van der Waals surface area contributed by atoms with Gasteiger partial charge < -0.3 is 20.5 Å². The third kappa shape index (κ3) is 5.49. The Morgan fingerprint density at radius 2 is 1.93 bits per heavy atom. The van der Waals surface area contributed by atoms with Gasteiger partial charge in [-0.3, -0.25) is 14.5 Å². The van der Waals surface area contributed by atoms with Crippen molar-refractivity contribution in [2.45, 2.75) is 25.6 Å². The Morgan fingerprint density at radius 3 is 2.60 bits per heavy atom. The normalized spacial score (nSPS) is 14.9. The van der Waals surface area contributed by atoms with Gasteiger partial charge in [-0.15, -0.1) is 0 Å². The van der Waals surface area contributed by atoms with Crippen LogP contribution >= 0.6 is 11.3 Å². The monoisotopic (exact) mass is 572 g/mol. The molecule has 3 heterocycles. The maximum Gasteiger partial charge on any atom is 0.416 e. The molecule has 3 N–H and O–H groups in total. The number of amides is 3. The van der Waals surface area contributed by atoms with Gasteiger partial charge in [0.2, 0.25) is 17.7 Å². The molecule has 0 bridgehead atoms. The SMILES string of the molecule is CC(=O)Nc1nc2c(Oc3cc(-c4ccc(C(F)(F)F)cc4NC(=O)C4CCN4C(=O)O)ncn3)cccc2s1. The highest BCUT2D eigenvalue weighted by Crippen LogP contribution is 2.38. The Bertz CT molecular complexity index is 1640. The summed E-state index contributed by atoms with van der Waals surface area (Å²) in [5, 5.41) is 14.6. The number of hydrogen-bond acceptors (Lipinski definition) is 8. The van der Waals surface area contributed by atoms with Crippen molar-refractivity contribution in [3.05, 3.63) is 54.4 Å². The van der Waals surface area contributed by atoms with Crippen molar-refractivity contribution in [2.75, 3.05) is 17.2 Å². The summed E-state index contributed by atoms with van der Waals surface area (Å²) < 4.78 is 47.1. The van der Waals surface area contributed by atoms with Crippen molar-refractivity contribution in [3.63, 3.8) is 0 Å². The number of nitrogens with zero attached hydrogens (tertiary/aromatic N) is 4. The average molecular weight is 573 g/mol. The number of hydrogen-bond donors (Lipinski definition) is 3. The molecule has 1 fully saturated rings. The van der Waals surface area contributed by atoms with Crippen molar-refractivity contribution in [1.82, 2.24) is 19.9 Å². The summed E-state index contributed by atoms with van der Waals surface area (Å²) in [5.74, 6) is -0.686. The van der Waals surface area contributed by atoms with Crippen molar-refractivity contribution in [1.29, 1.82) is 0 Å². The number of para-hydroxylation sites is 1. The number of carbonyl (C=O) groups excluding carboxylic acids is 2. The highest BCUT2D eigenvalue weighted by Gasteiger charge is 2.38. The zero-order chi connectivity index (χ0) is 28.6. The number of likely N-dealkylation sites (tertiary alicyclic amines) is 1. The fraction of sp³-hybridized carbons (Fsp3) is 0.200. The first kappa shape index (κ1) is 26.8. The predicted octanol–water partition coefficient (Wildman–Crippen LogP) is 5.21. The van der Waals surface area contributed by atoms with E-state index in [0.717, 1.165) is 34.1 Å². The van der Waals surface area contributed by atoms with Crippen LogP contribution < -0.4 is 15.4 Å². The molecular weight excluding hydrogens is 553 g/mol. The summed E-state index contributed by atoms with van der Waals surface area (Å²) in [6.07, 6.45) is -4.60. The highest BCUT2D eigenvalue weighted by molar-refractivity contribution is 7.22. The third-order valence-corrected chi connectivity index (χ3v) is 6.91. The molecule has 1 aliphatic heterocycles. The number of nitrogens with one attached hydrogen (secondary N) is 2. The van der Waals surface area contributed by atoms with Gasteiger partial charge in [0.1, 0.15) is 17.9 Å². The molecule has 0 spiro atoms. The molecule has 4 aromatic rings. The van der Waals surface area contributed by atoms with Crippen molar-refractivity contribution in [3.8, 4) is 22.9 Å². The summed E-state index contributed by atoms with van der Waals surface area (Å²) in [7, 11) is 0. The smallest absolute Gasteiger partial charge is 0.416 e. The molecule has 0 aliphatic carbocycles. The van der Waals surface area contributed by atoms with E-state index in [1.165, 1.54) is 24.3 Å². The molecule has 206 valence electrons. The minimum Gasteiger partial charge on any atom is -0.465 e. The fourth-order valence-corrected chi connectivity index (χ4v) is 4.95. The maximum absolute atomic E-state index is 13.5. The lowest BCUT2D eigenvalue weighted by atomic mass is 10.0. The maximum atomic E-state index is 13.5. The van der Waals surface area contributed by atoms with Gasteiger partial charge >= 0.3 is 12.3 Å². The second-order valence-electron chi connectivity index (χ2n) is 8.67. The predicted molar refractivity (Wildman–Crippen MR) is 138 cm³/mol. The van der Waals surface area contributed by atoms with Gasteiger partial charge in [0, 0.05) is 25.1 Å². The number of anilines is 2. The number of rotatable bonds is 6. The van der Waals surface area contributed by atoms with E-state index in [0.29, 0.717) is 16.4 Å². The number of fused-ring (bicyclic) bond motifs is 1. The fourth-order valence-electron chi connectivity index (χ4n) is 4.02. The lowest BCUT2D eigenvalue weighted by Gasteiger charge is -2.37. The van der Waals surface area contributed by atoms with E-state index in [4.69, 9.17) is 4.74 Å². The van der Waals surface area contributed by atoms with Gasteiger partial charge in [-0.25, -0.2) is 19.7 Å². The Labute approximate surface area is 227 Å². The van der Waals surface area contributed by atoms with E-state index in [1.807, 2.05) is 0 Å². The summed E-state index contributed by atoms with van der Waals surface area (Å²) in [4.78, 5) is 49.0. The van der Waals surface area contributed by atoms with Crippen LogP contribution in [-0.2, 0) is 15.8 Å². The van der Waals surface area contributed by atoms with Crippen molar-refractivity contribution < 1.29 is 37.4 Å². The number of carbonyl (C=O) groups is 3. The van der Waals surface area contributed by atoms with Gasteiger partial charge in [0.15, 0.2) is 10.9 Å². The van der Waals surface area contributed by atoms with E-state index in [-0.39, 0.29) is 41.7 Å². The molecule has 11 nitrogen and oxygen atoms in total. The number of aromatic nitrogens is 3. The first-order valence-corrected chi connectivity index (χ1v) is 12.5. The van der Waals surface area contributed by atoms with Crippen LogP contribution in [0, 0.1) is 0 Å². The van der Waals surface area contributed by atoms with Gasteiger partial charge in [-0.1, -0.05) is 23.5 Å². The van der Waals surface area contributed by atoms with Crippen LogP contribution in [-0.4, -0.2) is 55.5 Å². The molecular formula is C25H19F3N6O5S. The Hall–Kier alpha value is -4.79. The number of carboxylic acid groups (broad SMARTS) is 1. The minimum absolute atomic E-state index is 0.0415. The van der Waals surface area contributed by atoms with Crippen LogP contribution in [0.2, 0.25) is 0 Å². The molecule has 2 aromatic carbocycles. The van der Waals surface area contributed by atoms with Gasteiger partial charge in [-0.2, -0.15) is 13.2 Å². The molecule has 15 heteroatoms. The van der Waals surface area contributed by atoms with Crippen LogP contribution in [0.1, 0.15) is 18.9 Å². The zero-order valence-corrected chi connectivity index (χ0v) is 21.3. The molecule has 0 radical (unpaired) electrons. The van der Waals surface area contributed by atoms with E-state index < -0.39 is 29.8 Å². The number of halogens is 3. The Kier molecular flexibility index (Phi) is 6.97. The van der Waals surface area contributed by atoms with E-state index >= 15 is 0 Å². The number of thiazole rings is 1. The molecule has 2 aromatic heterocycles. The van der Waals surface area contributed by atoms with Crippen LogP contribution in [0.5, 0.6) is 11.6 Å².